The first kappa shape index (κ1) is 29.0. The second-order valence-corrected chi connectivity index (χ2v) is 8.44. The number of aliphatic carboxylic acids is 1. The Kier molecular flexibility index (Phi) is 9.85. The van der Waals surface area contributed by atoms with Crippen LogP contribution < -0.4 is 15.6 Å². The number of rotatable bonds is 9. The van der Waals surface area contributed by atoms with Crippen molar-refractivity contribution in [1.29, 1.82) is 0 Å². The maximum absolute atomic E-state index is 13.0. The number of carboxylic acid groups (broad SMARTS) is 1. The molecule has 13 heteroatoms. The van der Waals surface area contributed by atoms with Crippen LogP contribution in [0.2, 0.25) is 10.0 Å². The Morgan fingerprint density at radius 3 is 1.67 bits per heavy atom. The number of carbonyl (C=O) groups excluding carboxylic acids is 4. The number of carbonyl (C=O) groups is 5. The van der Waals surface area contributed by atoms with Crippen LogP contribution in [0.5, 0.6) is 5.75 Å². The Hall–Kier alpha value is -4.61. The summed E-state index contributed by atoms with van der Waals surface area (Å²) >= 11 is 12.0. The van der Waals surface area contributed by atoms with Gasteiger partial charge < -0.3 is 19.3 Å². The van der Waals surface area contributed by atoms with E-state index in [9.17, 15) is 29.1 Å². The van der Waals surface area contributed by atoms with Gasteiger partial charge in [0.2, 0.25) is 12.2 Å². The number of hydrogen-bond donors (Lipinski definition) is 3. The summed E-state index contributed by atoms with van der Waals surface area (Å²) < 4.78 is 15.2. The van der Waals surface area contributed by atoms with Gasteiger partial charge in [-0.2, -0.15) is 0 Å². The van der Waals surface area contributed by atoms with Crippen molar-refractivity contribution in [3.05, 3.63) is 99.5 Å². The number of ether oxygens (including phenoxy) is 3. The average Bonchev–Trinajstić information content (AvgIpc) is 2.93. The highest BCUT2D eigenvalue weighted by Gasteiger charge is 2.41. The lowest BCUT2D eigenvalue weighted by molar-refractivity contribution is -0.159. The van der Waals surface area contributed by atoms with E-state index in [0.29, 0.717) is 5.75 Å². The van der Waals surface area contributed by atoms with Crippen LogP contribution in [0, 0.1) is 0 Å². The van der Waals surface area contributed by atoms with Crippen LogP contribution in [0.4, 0.5) is 0 Å². The molecule has 0 fully saturated rings. The van der Waals surface area contributed by atoms with Crippen LogP contribution in [0.15, 0.2) is 72.8 Å². The summed E-state index contributed by atoms with van der Waals surface area (Å²) in [5.74, 6) is -5.86. The third-order valence-electron chi connectivity index (χ3n) is 5.08. The lowest BCUT2D eigenvalue weighted by Gasteiger charge is -2.24. The number of halogens is 2. The van der Waals surface area contributed by atoms with E-state index in [1.54, 1.807) is 0 Å². The predicted octanol–water partition coefficient (Wildman–Crippen LogP) is 3.30. The van der Waals surface area contributed by atoms with Crippen molar-refractivity contribution in [1.82, 2.24) is 10.9 Å². The molecule has 0 bridgehead atoms. The Morgan fingerprint density at radius 1 is 0.718 bits per heavy atom. The largest absolute Gasteiger partial charge is 0.497 e. The molecular formula is C26H20Cl2N2O9. The van der Waals surface area contributed by atoms with Crippen LogP contribution in [0.25, 0.3) is 0 Å². The van der Waals surface area contributed by atoms with Crippen molar-refractivity contribution in [2.24, 2.45) is 0 Å². The van der Waals surface area contributed by atoms with E-state index in [1.807, 2.05) is 5.43 Å². The maximum atomic E-state index is 13.0. The minimum absolute atomic E-state index is 0.0468. The first-order valence-corrected chi connectivity index (χ1v) is 11.8. The summed E-state index contributed by atoms with van der Waals surface area (Å²) in [6, 6.07) is 17.1. The highest BCUT2D eigenvalue weighted by Crippen LogP contribution is 2.21. The number of hydrazine groups is 1. The fourth-order valence-electron chi connectivity index (χ4n) is 3.11. The molecule has 11 nitrogen and oxygen atoms in total. The number of amides is 2. The highest BCUT2D eigenvalue weighted by molar-refractivity contribution is 6.34. The van der Waals surface area contributed by atoms with Gasteiger partial charge in [-0.3, -0.25) is 20.4 Å². The van der Waals surface area contributed by atoms with Crippen LogP contribution in [-0.2, 0) is 19.1 Å². The lowest BCUT2D eigenvalue weighted by atomic mass is 10.1. The molecule has 0 radical (unpaired) electrons. The number of hydrogen-bond acceptors (Lipinski definition) is 8. The van der Waals surface area contributed by atoms with Crippen molar-refractivity contribution in [3.8, 4) is 5.75 Å². The molecule has 39 heavy (non-hydrogen) atoms. The van der Waals surface area contributed by atoms with E-state index < -0.39 is 41.9 Å². The fraction of sp³-hybridized carbons (Fsp3) is 0.115. The molecule has 3 N–H and O–H groups in total. The summed E-state index contributed by atoms with van der Waals surface area (Å²) in [6.07, 6.45) is -4.62. The van der Waals surface area contributed by atoms with Gasteiger partial charge in [0.15, 0.2) is 0 Å². The molecule has 2 atom stereocenters. The Morgan fingerprint density at radius 2 is 1.21 bits per heavy atom. The summed E-state index contributed by atoms with van der Waals surface area (Å²) in [5, 5.41) is 9.70. The predicted molar refractivity (Wildman–Crippen MR) is 138 cm³/mol. The maximum Gasteiger partial charge on any atom is 0.349 e. The van der Waals surface area contributed by atoms with Gasteiger partial charge in [0, 0.05) is 5.56 Å². The van der Waals surface area contributed by atoms with Gasteiger partial charge in [-0.15, -0.1) is 0 Å². The smallest absolute Gasteiger partial charge is 0.349 e. The fourth-order valence-corrected chi connectivity index (χ4v) is 3.54. The summed E-state index contributed by atoms with van der Waals surface area (Å²) in [6.45, 7) is 0. The van der Waals surface area contributed by atoms with Crippen LogP contribution in [0.1, 0.15) is 31.1 Å². The summed E-state index contributed by atoms with van der Waals surface area (Å²) in [7, 11) is 1.44. The first-order valence-electron chi connectivity index (χ1n) is 11.0. The van der Waals surface area contributed by atoms with Gasteiger partial charge in [0.25, 0.3) is 11.8 Å². The molecule has 0 spiro atoms. The van der Waals surface area contributed by atoms with Crippen molar-refractivity contribution >= 4 is 52.9 Å². The zero-order valence-corrected chi connectivity index (χ0v) is 21.6. The van der Waals surface area contributed by atoms with Crippen LogP contribution >= 0.6 is 23.2 Å². The molecule has 0 aromatic heterocycles. The number of methoxy groups -OCH3 is 1. The van der Waals surface area contributed by atoms with Crippen molar-refractivity contribution < 1.29 is 43.3 Å². The monoisotopic (exact) mass is 574 g/mol. The highest BCUT2D eigenvalue weighted by atomic mass is 35.5. The normalized spacial score (nSPS) is 11.9. The Balaban J connectivity index is 1.86. The van der Waals surface area contributed by atoms with Crippen LogP contribution in [0.3, 0.4) is 0 Å². The third-order valence-corrected chi connectivity index (χ3v) is 5.74. The van der Waals surface area contributed by atoms with Gasteiger partial charge >= 0.3 is 17.9 Å². The number of benzene rings is 3. The molecule has 0 saturated carbocycles. The minimum Gasteiger partial charge on any atom is -0.497 e. The number of esters is 2. The van der Waals surface area contributed by atoms with E-state index in [0.717, 1.165) is 0 Å². The van der Waals surface area contributed by atoms with Crippen LogP contribution in [-0.4, -0.2) is 54.1 Å². The second-order valence-electron chi connectivity index (χ2n) is 7.62. The zero-order valence-electron chi connectivity index (χ0n) is 20.1. The van der Waals surface area contributed by atoms with Crippen molar-refractivity contribution in [2.45, 2.75) is 12.2 Å². The minimum atomic E-state index is -2.35. The topological polar surface area (TPSA) is 157 Å². The van der Waals surface area contributed by atoms with E-state index in [4.69, 9.17) is 37.4 Å². The number of nitrogens with one attached hydrogen (secondary N) is 2. The molecular weight excluding hydrogens is 555 g/mol. The molecule has 0 heterocycles. The lowest BCUT2D eigenvalue weighted by Crippen LogP contribution is -2.54. The molecule has 0 aliphatic carbocycles. The number of carboxylic acids is 1. The molecule has 202 valence electrons. The van der Waals surface area contributed by atoms with E-state index in [1.165, 1.54) is 79.9 Å². The zero-order chi connectivity index (χ0) is 28.5. The summed E-state index contributed by atoms with van der Waals surface area (Å²) in [4.78, 5) is 63.1. The SMILES string of the molecule is COc1ccc(C(=O)NNC(=O)[C@@H](OC(=O)c2ccccc2Cl)[C@@H](OC(=O)c2ccccc2Cl)C(=O)O)cc1. The molecule has 3 aromatic carbocycles. The van der Waals surface area contributed by atoms with Crippen molar-refractivity contribution in [3.63, 3.8) is 0 Å². The molecule has 0 aliphatic rings. The van der Waals surface area contributed by atoms with Crippen molar-refractivity contribution in [2.75, 3.05) is 7.11 Å². The Labute approximate surface area is 231 Å². The molecule has 0 saturated heterocycles. The molecule has 0 aliphatic heterocycles. The quantitative estimate of drug-likeness (QED) is 0.257. The van der Waals surface area contributed by atoms with E-state index >= 15 is 0 Å². The standard InChI is InChI=1S/C26H20Cl2N2O9/c1-37-15-12-10-14(11-13-15)22(31)29-30-23(32)20(38-25(35)16-6-2-4-8-18(16)27)21(24(33)34)39-26(36)17-7-3-5-9-19(17)28/h2-13,20-21H,1H3,(H,29,31)(H,30,32)(H,33,34)/t20-,21+/m0/s1. The molecule has 0 unspecified atom stereocenters. The second kappa shape index (κ2) is 13.3. The van der Waals surface area contributed by atoms with Gasteiger partial charge in [0.1, 0.15) is 5.75 Å². The van der Waals surface area contributed by atoms with E-state index in [2.05, 4.69) is 5.43 Å². The van der Waals surface area contributed by atoms with Gasteiger partial charge in [-0.25, -0.2) is 14.4 Å². The van der Waals surface area contributed by atoms with Gasteiger partial charge in [-0.1, -0.05) is 47.5 Å². The summed E-state index contributed by atoms with van der Waals surface area (Å²) in [5.41, 5.74) is 3.78. The molecule has 2 amide bonds. The first-order chi connectivity index (χ1) is 18.6. The molecule has 3 rings (SSSR count). The third kappa shape index (κ3) is 7.46. The van der Waals surface area contributed by atoms with Gasteiger partial charge in [0.05, 0.1) is 28.3 Å². The average molecular weight is 575 g/mol. The molecule has 3 aromatic rings. The van der Waals surface area contributed by atoms with E-state index in [-0.39, 0.29) is 26.7 Å². The Bertz CT molecular complexity index is 1400. The van der Waals surface area contributed by atoms with Gasteiger partial charge in [-0.05, 0) is 48.5 Å².